The van der Waals surface area contributed by atoms with Gasteiger partial charge in [0.25, 0.3) is 0 Å². The Morgan fingerprint density at radius 3 is 2.95 bits per heavy atom. The van der Waals surface area contributed by atoms with Gasteiger partial charge in [-0.25, -0.2) is 0 Å². The van der Waals surface area contributed by atoms with E-state index < -0.39 is 0 Å². The normalized spacial score (nSPS) is 32.9. The largest absolute Gasteiger partial charge is 0.486 e. The van der Waals surface area contributed by atoms with Crippen molar-refractivity contribution in [2.24, 2.45) is 0 Å². The van der Waals surface area contributed by atoms with Gasteiger partial charge in [0.2, 0.25) is 0 Å². The third-order valence-corrected chi connectivity index (χ3v) is 5.00. The zero-order valence-electron chi connectivity index (χ0n) is 11.9. The second kappa shape index (κ2) is 4.85. The summed E-state index contributed by atoms with van der Waals surface area (Å²) in [7, 11) is 0. The first-order valence-corrected chi connectivity index (χ1v) is 7.90. The fourth-order valence-corrected chi connectivity index (χ4v) is 3.60. The van der Waals surface area contributed by atoms with Crippen molar-refractivity contribution < 1.29 is 14.3 Å². The number of Topliss-reactive ketones (excluding diaryl/α,β-unsaturated/α-hetero) is 1. The monoisotopic (exact) mass is 338 g/mol. The number of ketones is 1. The van der Waals surface area contributed by atoms with Gasteiger partial charge in [0.15, 0.2) is 5.78 Å². The van der Waals surface area contributed by atoms with E-state index in [1.165, 1.54) is 0 Å². The second-order valence-electron chi connectivity index (χ2n) is 6.10. The molecular formula is C16H19BrO3. The fourth-order valence-electron chi connectivity index (χ4n) is 3.24. The molecule has 2 unspecified atom stereocenters. The highest BCUT2D eigenvalue weighted by Crippen LogP contribution is 2.44. The van der Waals surface area contributed by atoms with Crippen molar-refractivity contribution in [3.8, 4) is 5.75 Å². The number of carbonyl (C=O) groups is 1. The standard InChI is InChI=1S/C16H19BrO3/c1-3-15(2)10-16(6-7-19-15)9-13(18)12-8-11(17)4-5-14(12)20-16/h4-5,8H,3,6-7,9-10H2,1-2H3. The van der Waals surface area contributed by atoms with Gasteiger partial charge in [-0.2, -0.15) is 0 Å². The van der Waals surface area contributed by atoms with Crippen molar-refractivity contribution in [2.75, 3.05) is 6.61 Å². The van der Waals surface area contributed by atoms with Crippen LogP contribution >= 0.6 is 15.9 Å². The van der Waals surface area contributed by atoms with Crippen LogP contribution in [0.1, 0.15) is 49.9 Å². The molecular weight excluding hydrogens is 320 g/mol. The van der Waals surface area contributed by atoms with Crippen molar-refractivity contribution in [3.05, 3.63) is 28.2 Å². The molecule has 3 nitrogen and oxygen atoms in total. The maximum atomic E-state index is 12.5. The molecule has 2 aliphatic rings. The third-order valence-electron chi connectivity index (χ3n) is 4.50. The van der Waals surface area contributed by atoms with Crippen LogP contribution in [0.2, 0.25) is 0 Å². The predicted molar refractivity (Wildman–Crippen MR) is 80.3 cm³/mol. The van der Waals surface area contributed by atoms with E-state index in [2.05, 4.69) is 29.8 Å². The minimum absolute atomic E-state index is 0.174. The Morgan fingerprint density at radius 1 is 1.40 bits per heavy atom. The summed E-state index contributed by atoms with van der Waals surface area (Å²) in [6.07, 6.45) is 2.94. The van der Waals surface area contributed by atoms with Crippen LogP contribution in [0.4, 0.5) is 0 Å². The van der Waals surface area contributed by atoms with Gasteiger partial charge < -0.3 is 9.47 Å². The number of rotatable bonds is 1. The van der Waals surface area contributed by atoms with Crippen LogP contribution in [-0.2, 0) is 4.74 Å². The highest BCUT2D eigenvalue weighted by Gasteiger charge is 2.48. The summed E-state index contributed by atoms with van der Waals surface area (Å²) >= 11 is 3.41. The van der Waals surface area contributed by atoms with Gasteiger partial charge in [0, 0.05) is 17.3 Å². The maximum Gasteiger partial charge on any atom is 0.170 e. The van der Waals surface area contributed by atoms with Gasteiger partial charge in [0.05, 0.1) is 24.2 Å². The molecule has 0 radical (unpaired) electrons. The van der Waals surface area contributed by atoms with Crippen molar-refractivity contribution in [1.29, 1.82) is 0 Å². The Bertz CT molecular complexity index is 557. The first-order chi connectivity index (χ1) is 9.45. The number of halogens is 1. The highest BCUT2D eigenvalue weighted by atomic mass is 79.9. The van der Waals surface area contributed by atoms with E-state index in [0.717, 1.165) is 23.7 Å². The van der Waals surface area contributed by atoms with Crippen molar-refractivity contribution >= 4 is 21.7 Å². The average molecular weight is 339 g/mol. The summed E-state index contributed by atoms with van der Waals surface area (Å²) in [6, 6.07) is 5.66. The summed E-state index contributed by atoms with van der Waals surface area (Å²) in [6.45, 7) is 4.89. The summed E-state index contributed by atoms with van der Waals surface area (Å²) in [5.41, 5.74) is 0.112. The summed E-state index contributed by atoms with van der Waals surface area (Å²) in [4.78, 5) is 12.5. The minimum Gasteiger partial charge on any atom is -0.486 e. The second-order valence-corrected chi connectivity index (χ2v) is 7.02. The molecule has 1 saturated heterocycles. The van der Waals surface area contributed by atoms with Crippen molar-refractivity contribution in [3.63, 3.8) is 0 Å². The number of benzene rings is 1. The fraction of sp³-hybridized carbons (Fsp3) is 0.562. The van der Waals surface area contributed by atoms with Gasteiger partial charge in [-0.15, -0.1) is 0 Å². The molecule has 2 atom stereocenters. The van der Waals surface area contributed by atoms with Gasteiger partial charge in [-0.3, -0.25) is 4.79 Å². The molecule has 0 N–H and O–H groups in total. The first-order valence-electron chi connectivity index (χ1n) is 7.11. The molecule has 1 aromatic rings. The summed E-state index contributed by atoms with van der Waals surface area (Å²) in [5.74, 6) is 0.887. The SMILES string of the molecule is CCC1(C)CC2(CCO1)CC(=O)c1cc(Br)ccc1O2. The molecule has 0 amide bonds. The Labute approximate surface area is 127 Å². The average Bonchev–Trinajstić information content (AvgIpc) is 2.40. The molecule has 2 aliphatic heterocycles. The first kappa shape index (κ1) is 14.1. The Balaban J connectivity index is 1.94. The zero-order valence-corrected chi connectivity index (χ0v) is 13.5. The topological polar surface area (TPSA) is 35.5 Å². The molecule has 0 saturated carbocycles. The number of ether oxygens (including phenoxy) is 2. The maximum absolute atomic E-state index is 12.5. The van der Waals surface area contributed by atoms with Gasteiger partial charge >= 0.3 is 0 Å². The Kier molecular flexibility index (Phi) is 3.41. The summed E-state index contributed by atoms with van der Waals surface area (Å²) < 4.78 is 13.1. The van der Waals surface area contributed by atoms with E-state index in [1.54, 1.807) is 0 Å². The van der Waals surface area contributed by atoms with E-state index in [-0.39, 0.29) is 17.0 Å². The number of hydrogen-bond acceptors (Lipinski definition) is 3. The van der Waals surface area contributed by atoms with Crippen LogP contribution in [0.15, 0.2) is 22.7 Å². The molecule has 2 heterocycles. The molecule has 3 rings (SSSR count). The van der Waals surface area contributed by atoms with E-state index in [1.807, 2.05) is 18.2 Å². The number of hydrogen-bond donors (Lipinski definition) is 0. The van der Waals surface area contributed by atoms with Crippen LogP contribution in [-0.4, -0.2) is 23.6 Å². The van der Waals surface area contributed by atoms with Crippen LogP contribution in [0, 0.1) is 0 Å². The molecule has 20 heavy (non-hydrogen) atoms. The van der Waals surface area contributed by atoms with Crippen LogP contribution < -0.4 is 4.74 Å². The highest BCUT2D eigenvalue weighted by molar-refractivity contribution is 9.10. The smallest absolute Gasteiger partial charge is 0.170 e. The van der Waals surface area contributed by atoms with E-state index in [0.29, 0.717) is 24.3 Å². The van der Waals surface area contributed by atoms with Crippen molar-refractivity contribution in [2.45, 2.75) is 50.7 Å². The lowest BCUT2D eigenvalue weighted by Gasteiger charge is -2.47. The van der Waals surface area contributed by atoms with Gasteiger partial charge in [-0.05, 0) is 31.5 Å². The van der Waals surface area contributed by atoms with E-state index >= 15 is 0 Å². The molecule has 108 valence electrons. The molecule has 4 heteroatoms. The van der Waals surface area contributed by atoms with Crippen LogP contribution in [0.25, 0.3) is 0 Å². The zero-order chi connectivity index (χ0) is 14.4. The Morgan fingerprint density at radius 2 is 2.20 bits per heavy atom. The quantitative estimate of drug-likeness (QED) is 0.772. The Hall–Kier alpha value is -0.870. The number of carbonyl (C=O) groups excluding carboxylic acids is 1. The molecule has 1 spiro atoms. The molecule has 0 aromatic heterocycles. The molecule has 0 aliphatic carbocycles. The van der Waals surface area contributed by atoms with E-state index in [9.17, 15) is 4.79 Å². The van der Waals surface area contributed by atoms with Crippen LogP contribution in [0.3, 0.4) is 0 Å². The molecule has 0 bridgehead atoms. The van der Waals surface area contributed by atoms with Crippen LogP contribution in [0.5, 0.6) is 5.75 Å². The molecule has 1 fully saturated rings. The molecule has 1 aromatic carbocycles. The summed E-state index contributed by atoms with van der Waals surface area (Å²) in [5, 5.41) is 0. The lowest BCUT2D eigenvalue weighted by molar-refractivity contribution is -0.144. The minimum atomic E-state index is -0.388. The predicted octanol–water partition coefficient (Wildman–Crippen LogP) is 4.13. The van der Waals surface area contributed by atoms with E-state index in [4.69, 9.17) is 9.47 Å². The van der Waals surface area contributed by atoms with Crippen molar-refractivity contribution in [1.82, 2.24) is 0 Å². The third kappa shape index (κ3) is 2.40. The lowest BCUT2D eigenvalue weighted by atomic mass is 9.76. The van der Waals surface area contributed by atoms with Gasteiger partial charge in [-0.1, -0.05) is 22.9 Å². The number of fused-ring (bicyclic) bond motifs is 1. The van der Waals surface area contributed by atoms with Gasteiger partial charge in [0.1, 0.15) is 11.4 Å². The lowest BCUT2D eigenvalue weighted by Crippen LogP contribution is -2.53.